The predicted octanol–water partition coefficient (Wildman–Crippen LogP) is 1.80. The number of thioether (sulfide) groups is 1. The molecule has 1 aromatic heterocycles. The van der Waals surface area contributed by atoms with Gasteiger partial charge in [0.2, 0.25) is 0 Å². The van der Waals surface area contributed by atoms with Crippen LogP contribution in [0.15, 0.2) is 18.2 Å². The van der Waals surface area contributed by atoms with Gasteiger partial charge in [0, 0.05) is 11.8 Å². The van der Waals surface area contributed by atoms with E-state index in [0.717, 1.165) is 12.2 Å². The Morgan fingerprint density at radius 2 is 2.16 bits per heavy atom. The van der Waals surface area contributed by atoms with Gasteiger partial charge in [0.15, 0.2) is 0 Å². The molecule has 2 rings (SSSR count). The fraction of sp³-hybridized carbons (Fsp3) is 0.462. The minimum absolute atomic E-state index is 0.111. The highest BCUT2D eigenvalue weighted by Gasteiger charge is 2.16. The molecule has 102 valence electrons. The molecule has 6 heteroatoms. The number of hydrogen-bond donors (Lipinski definition) is 2. The molecule has 0 bridgehead atoms. The van der Waals surface area contributed by atoms with Crippen LogP contribution in [0.3, 0.4) is 0 Å². The average Bonchev–Trinajstić information content (AvgIpc) is 2.46. The van der Waals surface area contributed by atoms with Crippen LogP contribution in [0.4, 0.5) is 0 Å². The Kier molecular flexibility index (Phi) is 4.79. The van der Waals surface area contributed by atoms with Crippen molar-refractivity contribution in [3.8, 4) is 0 Å². The van der Waals surface area contributed by atoms with E-state index in [-0.39, 0.29) is 17.3 Å². The molecule has 2 heterocycles. The summed E-state index contributed by atoms with van der Waals surface area (Å²) in [4.78, 5) is 26.5. The molecule has 1 aliphatic heterocycles. The molecule has 1 amide bonds. The Bertz CT molecular complexity index is 473. The number of carbonyl (C=O) groups excluding carboxylic acids is 1. The summed E-state index contributed by atoms with van der Waals surface area (Å²) in [7, 11) is 0. The molecule has 0 saturated carbocycles. The number of nitrogens with one attached hydrogen (secondary N) is 1. The van der Waals surface area contributed by atoms with Gasteiger partial charge >= 0.3 is 5.97 Å². The van der Waals surface area contributed by atoms with E-state index < -0.39 is 5.97 Å². The number of amides is 1. The van der Waals surface area contributed by atoms with Crippen molar-refractivity contribution < 1.29 is 14.7 Å². The van der Waals surface area contributed by atoms with Gasteiger partial charge in [0.25, 0.3) is 5.91 Å². The highest BCUT2D eigenvalue weighted by molar-refractivity contribution is 7.99. The summed E-state index contributed by atoms with van der Waals surface area (Å²) in [5.74, 6) is -0.292. The van der Waals surface area contributed by atoms with E-state index >= 15 is 0 Å². The lowest BCUT2D eigenvalue weighted by atomic mass is 10.2. The second-order valence-electron chi connectivity index (χ2n) is 4.41. The molecule has 1 atom stereocenters. The normalized spacial score (nSPS) is 18.8. The largest absolute Gasteiger partial charge is 0.477 e. The number of rotatable bonds is 4. The molecule has 1 unspecified atom stereocenters. The lowest BCUT2D eigenvalue weighted by Gasteiger charge is -2.21. The zero-order chi connectivity index (χ0) is 13.7. The summed E-state index contributed by atoms with van der Waals surface area (Å²) < 4.78 is 0. The molecular weight excluding hydrogens is 264 g/mol. The topological polar surface area (TPSA) is 79.3 Å². The van der Waals surface area contributed by atoms with Crippen molar-refractivity contribution >= 4 is 23.6 Å². The van der Waals surface area contributed by atoms with Crippen LogP contribution in [0.2, 0.25) is 0 Å². The third kappa shape index (κ3) is 3.96. The average molecular weight is 280 g/mol. The zero-order valence-electron chi connectivity index (χ0n) is 10.5. The Morgan fingerprint density at radius 3 is 2.84 bits per heavy atom. The SMILES string of the molecule is O=C(O)c1cccc(C(=O)NCC2CCCCS2)n1. The highest BCUT2D eigenvalue weighted by Crippen LogP contribution is 2.24. The van der Waals surface area contributed by atoms with Crippen molar-refractivity contribution in [2.24, 2.45) is 0 Å². The van der Waals surface area contributed by atoms with Crippen LogP contribution in [0.25, 0.3) is 0 Å². The van der Waals surface area contributed by atoms with Gasteiger partial charge in [-0.3, -0.25) is 4.79 Å². The summed E-state index contributed by atoms with van der Waals surface area (Å²) >= 11 is 1.88. The number of pyridine rings is 1. The molecule has 1 aliphatic rings. The molecule has 0 radical (unpaired) electrons. The first-order valence-electron chi connectivity index (χ1n) is 6.27. The third-order valence-corrected chi connectivity index (χ3v) is 4.36. The van der Waals surface area contributed by atoms with Crippen molar-refractivity contribution in [3.05, 3.63) is 29.6 Å². The molecule has 1 aromatic rings. The number of carbonyl (C=O) groups is 2. The van der Waals surface area contributed by atoms with Crippen LogP contribution in [0.5, 0.6) is 0 Å². The molecule has 1 saturated heterocycles. The number of hydrogen-bond acceptors (Lipinski definition) is 4. The molecule has 1 fully saturated rings. The van der Waals surface area contributed by atoms with E-state index in [1.165, 1.54) is 31.0 Å². The van der Waals surface area contributed by atoms with Gasteiger partial charge in [-0.1, -0.05) is 12.5 Å². The highest BCUT2D eigenvalue weighted by atomic mass is 32.2. The van der Waals surface area contributed by atoms with Crippen LogP contribution in [-0.4, -0.2) is 39.5 Å². The minimum Gasteiger partial charge on any atom is -0.477 e. The van der Waals surface area contributed by atoms with E-state index in [2.05, 4.69) is 10.3 Å². The van der Waals surface area contributed by atoms with Gasteiger partial charge in [-0.15, -0.1) is 0 Å². The monoisotopic (exact) mass is 280 g/mol. The Balaban J connectivity index is 1.92. The van der Waals surface area contributed by atoms with Crippen LogP contribution >= 0.6 is 11.8 Å². The fourth-order valence-electron chi connectivity index (χ4n) is 1.95. The van der Waals surface area contributed by atoms with Crippen LogP contribution < -0.4 is 5.32 Å². The number of aromatic nitrogens is 1. The first-order valence-corrected chi connectivity index (χ1v) is 7.32. The van der Waals surface area contributed by atoms with Gasteiger partial charge < -0.3 is 10.4 Å². The second kappa shape index (κ2) is 6.56. The van der Waals surface area contributed by atoms with E-state index in [1.807, 2.05) is 11.8 Å². The van der Waals surface area contributed by atoms with Gasteiger partial charge in [-0.25, -0.2) is 9.78 Å². The fourth-order valence-corrected chi connectivity index (χ4v) is 3.18. The molecule has 19 heavy (non-hydrogen) atoms. The number of aromatic carboxylic acids is 1. The van der Waals surface area contributed by atoms with E-state index in [1.54, 1.807) is 0 Å². The van der Waals surface area contributed by atoms with Gasteiger partial charge in [-0.05, 0) is 30.7 Å². The molecule has 0 aromatic carbocycles. The van der Waals surface area contributed by atoms with Crippen LogP contribution in [0, 0.1) is 0 Å². The molecule has 5 nitrogen and oxygen atoms in total. The van der Waals surface area contributed by atoms with Crippen molar-refractivity contribution in [1.82, 2.24) is 10.3 Å². The Labute approximate surface area is 115 Å². The number of carboxylic acid groups (broad SMARTS) is 1. The first-order chi connectivity index (χ1) is 9.16. The van der Waals surface area contributed by atoms with Gasteiger partial charge in [0.1, 0.15) is 11.4 Å². The molecule has 2 N–H and O–H groups in total. The quantitative estimate of drug-likeness (QED) is 0.879. The summed E-state index contributed by atoms with van der Waals surface area (Å²) in [5, 5.41) is 12.1. The lowest BCUT2D eigenvalue weighted by Crippen LogP contribution is -2.32. The second-order valence-corrected chi connectivity index (χ2v) is 5.82. The minimum atomic E-state index is -1.13. The van der Waals surface area contributed by atoms with Crippen molar-refractivity contribution in [2.45, 2.75) is 24.5 Å². The molecule has 0 aliphatic carbocycles. The smallest absolute Gasteiger partial charge is 0.354 e. The lowest BCUT2D eigenvalue weighted by molar-refractivity contribution is 0.0690. The Morgan fingerprint density at radius 1 is 1.37 bits per heavy atom. The van der Waals surface area contributed by atoms with Gasteiger partial charge in [-0.2, -0.15) is 11.8 Å². The van der Waals surface area contributed by atoms with Crippen molar-refractivity contribution in [1.29, 1.82) is 0 Å². The standard InChI is InChI=1S/C13H16N2O3S/c16-12(14-8-9-4-1-2-7-19-9)10-5-3-6-11(15-10)13(17)18/h3,5-6,9H,1-2,4,7-8H2,(H,14,16)(H,17,18). The Hall–Kier alpha value is -1.56. The molecule has 0 spiro atoms. The van der Waals surface area contributed by atoms with Crippen molar-refractivity contribution in [2.75, 3.05) is 12.3 Å². The summed E-state index contributed by atoms with van der Waals surface area (Å²) in [6.07, 6.45) is 3.57. The van der Waals surface area contributed by atoms with Crippen LogP contribution in [0.1, 0.15) is 40.2 Å². The maximum Gasteiger partial charge on any atom is 0.354 e. The zero-order valence-corrected chi connectivity index (χ0v) is 11.3. The summed E-state index contributed by atoms with van der Waals surface area (Å²) in [6, 6.07) is 4.42. The first kappa shape index (κ1) is 13.9. The number of carboxylic acids is 1. The van der Waals surface area contributed by atoms with E-state index in [4.69, 9.17) is 5.11 Å². The third-order valence-electron chi connectivity index (χ3n) is 2.97. The van der Waals surface area contributed by atoms with E-state index in [9.17, 15) is 9.59 Å². The summed E-state index contributed by atoms with van der Waals surface area (Å²) in [5.41, 5.74) is 0.0420. The van der Waals surface area contributed by atoms with Crippen LogP contribution in [-0.2, 0) is 0 Å². The van der Waals surface area contributed by atoms with Crippen molar-refractivity contribution in [3.63, 3.8) is 0 Å². The number of nitrogens with zero attached hydrogens (tertiary/aromatic N) is 1. The predicted molar refractivity (Wildman–Crippen MR) is 73.6 cm³/mol. The van der Waals surface area contributed by atoms with E-state index in [0.29, 0.717) is 11.8 Å². The summed E-state index contributed by atoms with van der Waals surface area (Å²) in [6.45, 7) is 0.614. The maximum atomic E-state index is 11.9. The maximum absolute atomic E-state index is 11.9. The molecular formula is C13H16N2O3S. The van der Waals surface area contributed by atoms with Gasteiger partial charge in [0.05, 0.1) is 0 Å².